The molecule has 0 bridgehead atoms. The topological polar surface area (TPSA) is 52.9 Å². The van der Waals surface area contributed by atoms with Gasteiger partial charge in [-0.25, -0.2) is 0 Å². The largest absolute Gasteiger partial charge is 0.411 e. The zero-order chi connectivity index (χ0) is 13.1. The minimum atomic E-state index is 0.0683. The number of carbonyl (C=O) groups is 1. The highest BCUT2D eigenvalue weighted by atomic mass is 16.4. The highest BCUT2D eigenvalue weighted by molar-refractivity contribution is 5.96. The summed E-state index contributed by atoms with van der Waals surface area (Å²) in [5, 5.41) is 11.9. The normalized spacial score (nSPS) is 15.7. The lowest BCUT2D eigenvalue weighted by Gasteiger charge is -2.27. The first kappa shape index (κ1) is 12.6. The molecule has 4 nitrogen and oxygen atoms in total. The summed E-state index contributed by atoms with van der Waals surface area (Å²) in [5.41, 5.74) is 3.73. The second kappa shape index (κ2) is 5.21. The summed E-state index contributed by atoms with van der Waals surface area (Å²) >= 11 is 0. The average Bonchev–Trinajstić information content (AvgIpc) is 2.37. The Morgan fingerprint density at radius 2 is 1.72 bits per heavy atom. The number of benzene rings is 1. The predicted octanol–water partition coefficient (Wildman–Crippen LogP) is 2.37. The Morgan fingerprint density at radius 1 is 1.17 bits per heavy atom. The molecule has 1 saturated heterocycles. The third-order valence-electron chi connectivity index (χ3n) is 3.24. The van der Waals surface area contributed by atoms with Crippen molar-refractivity contribution in [1.82, 2.24) is 4.90 Å². The third kappa shape index (κ3) is 2.70. The number of rotatable bonds is 1. The van der Waals surface area contributed by atoms with Crippen molar-refractivity contribution in [2.24, 2.45) is 5.16 Å². The van der Waals surface area contributed by atoms with Crippen molar-refractivity contribution in [2.45, 2.75) is 26.7 Å². The Labute approximate surface area is 107 Å². The number of hydrogen-bond donors (Lipinski definition) is 1. The Hall–Kier alpha value is -1.84. The van der Waals surface area contributed by atoms with E-state index in [2.05, 4.69) is 11.2 Å². The lowest BCUT2D eigenvalue weighted by Crippen LogP contribution is -2.38. The quantitative estimate of drug-likeness (QED) is 0.611. The first-order valence-electron chi connectivity index (χ1n) is 6.17. The number of hydrogen-bond acceptors (Lipinski definition) is 3. The maximum Gasteiger partial charge on any atom is 0.253 e. The van der Waals surface area contributed by atoms with Gasteiger partial charge >= 0.3 is 0 Å². The van der Waals surface area contributed by atoms with Crippen molar-refractivity contribution < 1.29 is 10.0 Å². The smallest absolute Gasteiger partial charge is 0.253 e. The molecule has 1 aromatic carbocycles. The van der Waals surface area contributed by atoms with E-state index in [1.165, 1.54) is 0 Å². The number of aryl methyl sites for hydroxylation is 2. The molecule has 1 heterocycles. The van der Waals surface area contributed by atoms with Gasteiger partial charge in [-0.2, -0.15) is 0 Å². The number of nitrogens with zero attached hydrogens (tertiary/aromatic N) is 2. The Bertz CT molecular complexity index is 464. The molecule has 1 amide bonds. The van der Waals surface area contributed by atoms with E-state index in [4.69, 9.17) is 5.21 Å². The van der Waals surface area contributed by atoms with Gasteiger partial charge in [-0.1, -0.05) is 22.3 Å². The van der Waals surface area contributed by atoms with E-state index in [0.717, 1.165) is 22.4 Å². The molecule has 18 heavy (non-hydrogen) atoms. The first-order chi connectivity index (χ1) is 8.60. The summed E-state index contributed by atoms with van der Waals surface area (Å²) in [7, 11) is 0. The number of carbonyl (C=O) groups excluding carboxylic acids is 1. The maximum absolute atomic E-state index is 12.3. The molecule has 1 fully saturated rings. The summed E-state index contributed by atoms with van der Waals surface area (Å²) in [6.07, 6.45) is 1.32. The number of piperidine rings is 1. The minimum Gasteiger partial charge on any atom is -0.411 e. The zero-order valence-electron chi connectivity index (χ0n) is 10.8. The van der Waals surface area contributed by atoms with Gasteiger partial charge in [0.1, 0.15) is 0 Å². The van der Waals surface area contributed by atoms with Gasteiger partial charge < -0.3 is 10.1 Å². The molecule has 0 unspecified atom stereocenters. The lowest BCUT2D eigenvalue weighted by molar-refractivity contribution is 0.0753. The summed E-state index contributed by atoms with van der Waals surface area (Å²) in [6, 6.07) is 5.90. The fourth-order valence-corrected chi connectivity index (χ4v) is 2.35. The fraction of sp³-hybridized carbons (Fsp3) is 0.429. The summed E-state index contributed by atoms with van der Waals surface area (Å²) in [4.78, 5) is 14.1. The van der Waals surface area contributed by atoms with Crippen molar-refractivity contribution in [1.29, 1.82) is 0 Å². The standard InChI is InChI=1S/C14H18N2O2/c1-10-7-11(2)9-12(8-10)14(17)16-5-3-13(15-18)4-6-16/h7-9,18H,3-6H2,1-2H3. The summed E-state index contributed by atoms with van der Waals surface area (Å²) < 4.78 is 0. The highest BCUT2D eigenvalue weighted by Crippen LogP contribution is 2.15. The molecule has 2 rings (SSSR count). The molecule has 0 spiro atoms. The number of likely N-dealkylation sites (tertiary alicyclic amines) is 1. The van der Waals surface area contributed by atoms with Crippen LogP contribution in [-0.2, 0) is 0 Å². The monoisotopic (exact) mass is 246 g/mol. The molecule has 0 saturated carbocycles. The average molecular weight is 246 g/mol. The van der Waals surface area contributed by atoms with E-state index in [1.54, 1.807) is 0 Å². The van der Waals surface area contributed by atoms with E-state index in [-0.39, 0.29) is 5.91 Å². The molecule has 4 heteroatoms. The molecule has 0 atom stereocenters. The Balaban J connectivity index is 2.12. The SMILES string of the molecule is Cc1cc(C)cc(C(=O)N2CCC(=NO)CC2)c1. The molecule has 1 N–H and O–H groups in total. The molecule has 96 valence electrons. The summed E-state index contributed by atoms with van der Waals surface area (Å²) in [5.74, 6) is 0.0683. The van der Waals surface area contributed by atoms with Crippen LogP contribution < -0.4 is 0 Å². The van der Waals surface area contributed by atoms with Crippen LogP contribution in [0.1, 0.15) is 34.3 Å². The van der Waals surface area contributed by atoms with E-state index < -0.39 is 0 Å². The van der Waals surface area contributed by atoms with Crippen molar-refractivity contribution in [3.63, 3.8) is 0 Å². The van der Waals surface area contributed by atoms with Crippen molar-refractivity contribution in [2.75, 3.05) is 13.1 Å². The van der Waals surface area contributed by atoms with Crippen LogP contribution in [0.2, 0.25) is 0 Å². The van der Waals surface area contributed by atoms with Crippen molar-refractivity contribution >= 4 is 11.6 Å². The van der Waals surface area contributed by atoms with Gasteiger partial charge in [0.2, 0.25) is 0 Å². The molecular weight excluding hydrogens is 228 g/mol. The van der Waals surface area contributed by atoms with Gasteiger partial charge in [0, 0.05) is 31.5 Å². The number of amides is 1. The van der Waals surface area contributed by atoms with Crippen molar-refractivity contribution in [3.8, 4) is 0 Å². The van der Waals surface area contributed by atoms with Gasteiger partial charge in [-0.15, -0.1) is 0 Å². The maximum atomic E-state index is 12.3. The van der Waals surface area contributed by atoms with Crippen LogP contribution >= 0.6 is 0 Å². The molecule has 1 aromatic rings. The van der Waals surface area contributed by atoms with Crippen LogP contribution in [0.5, 0.6) is 0 Å². The summed E-state index contributed by atoms with van der Waals surface area (Å²) in [6.45, 7) is 5.25. The number of oxime groups is 1. The van der Waals surface area contributed by atoms with E-state index in [1.807, 2.05) is 30.9 Å². The van der Waals surface area contributed by atoms with Crippen molar-refractivity contribution in [3.05, 3.63) is 34.9 Å². The van der Waals surface area contributed by atoms with Crippen LogP contribution in [-0.4, -0.2) is 34.8 Å². The molecule has 0 aliphatic carbocycles. The van der Waals surface area contributed by atoms with E-state index in [9.17, 15) is 4.79 Å². The van der Waals surface area contributed by atoms with Gasteiger partial charge in [0.05, 0.1) is 5.71 Å². The minimum absolute atomic E-state index is 0.0683. The van der Waals surface area contributed by atoms with Gasteiger partial charge in [-0.3, -0.25) is 4.79 Å². The zero-order valence-corrected chi connectivity index (χ0v) is 10.8. The van der Waals surface area contributed by atoms with Gasteiger partial charge in [0.15, 0.2) is 0 Å². The third-order valence-corrected chi connectivity index (χ3v) is 3.24. The van der Waals surface area contributed by atoms with Crippen LogP contribution in [0, 0.1) is 13.8 Å². The Kier molecular flexibility index (Phi) is 3.65. The molecule has 0 aromatic heterocycles. The van der Waals surface area contributed by atoms with Crippen LogP contribution in [0.25, 0.3) is 0 Å². The molecule has 0 radical (unpaired) electrons. The van der Waals surface area contributed by atoms with Crippen LogP contribution in [0.3, 0.4) is 0 Å². The highest BCUT2D eigenvalue weighted by Gasteiger charge is 2.21. The van der Waals surface area contributed by atoms with E-state index >= 15 is 0 Å². The van der Waals surface area contributed by atoms with Crippen LogP contribution in [0.4, 0.5) is 0 Å². The molecule has 1 aliphatic heterocycles. The molecular formula is C14H18N2O2. The van der Waals surface area contributed by atoms with E-state index in [0.29, 0.717) is 25.9 Å². The van der Waals surface area contributed by atoms with Crippen LogP contribution in [0.15, 0.2) is 23.4 Å². The second-order valence-corrected chi connectivity index (χ2v) is 4.83. The predicted molar refractivity (Wildman–Crippen MR) is 70.3 cm³/mol. The lowest BCUT2D eigenvalue weighted by atomic mass is 10.0. The first-order valence-corrected chi connectivity index (χ1v) is 6.17. The second-order valence-electron chi connectivity index (χ2n) is 4.83. The molecule has 1 aliphatic rings. The Morgan fingerprint density at radius 3 is 2.22 bits per heavy atom. The van der Waals surface area contributed by atoms with Gasteiger partial charge in [0.25, 0.3) is 5.91 Å². The van der Waals surface area contributed by atoms with Gasteiger partial charge in [-0.05, 0) is 26.0 Å². The fourth-order valence-electron chi connectivity index (χ4n) is 2.35.